The Balaban J connectivity index is 1.59. The fourth-order valence-electron chi connectivity index (χ4n) is 4.21. The largest absolute Gasteiger partial charge is 0.390 e. The zero-order valence-electron chi connectivity index (χ0n) is 19.7. The summed E-state index contributed by atoms with van der Waals surface area (Å²) >= 11 is 1.31. The number of H-pyrrole nitrogens is 1. The van der Waals surface area contributed by atoms with Crippen LogP contribution in [0, 0.1) is 29.9 Å². The van der Waals surface area contributed by atoms with Crippen LogP contribution in [0.1, 0.15) is 35.1 Å². The van der Waals surface area contributed by atoms with E-state index < -0.39 is 38.6 Å². The molecule has 0 bridgehead atoms. The maximum atomic E-state index is 15.0. The summed E-state index contributed by atoms with van der Waals surface area (Å²) in [4.78, 5) is 13.7. The molecular formula is C23H22F4IN7O2. The van der Waals surface area contributed by atoms with Crippen molar-refractivity contribution in [2.45, 2.75) is 42.4 Å². The Morgan fingerprint density at radius 2 is 2.05 bits per heavy atom. The van der Waals surface area contributed by atoms with Gasteiger partial charge in [-0.3, -0.25) is 14.6 Å². The number of carbonyl (C=O) groups excluding carboxylic acids is 1. The van der Waals surface area contributed by atoms with Crippen molar-refractivity contribution in [1.29, 1.82) is 5.26 Å². The van der Waals surface area contributed by atoms with E-state index in [0.29, 0.717) is 24.2 Å². The summed E-state index contributed by atoms with van der Waals surface area (Å²) in [5.74, 6) is -6.42. The quantitative estimate of drug-likeness (QED) is 0.151. The van der Waals surface area contributed by atoms with Gasteiger partial charge in [0.05, 0.1) is 42.2 Å². The summed E-state index contributed by atoms with van der Waals surface area (Å²) in [5, 5.41) is 32.5. The molecule has 1 amide bonds. The Bertz CT molecular complexity index is 1370. The number of anilines is 1. The van der Waals surface area contributed by atoms with Crippen molar-refractivity contribution in [3.8, 4) is 17.2 Å². The number of hydrogen-bond donors (Lipinski definition) is 3. The molecule has 0 unspecified atom stereocenters. The van der Waals surface area contributed by atoms with E-state index in [0.717, 1.165) is 17.3 Å². The van der Waals surface area contributed by atoms with Gasteiger partial charge in [-0.05, 0) is 13.0 Å². The van der Waals surface area contributed by atoms with Crippen molar-refractivity contribution in [2.24, 2.45) is 0 Å². The Labute approximate surface area is 222 Å². The van der Waals surface area contributed by atoms with Gasteiger partial charge in [-0.2, -0.15) is 15.5 Å². The van der Waals surface area contributed by atoms with Crippen molar-refractivity contribution >= 4 is 34.2 Å². The van der Waals surface area contributed by atoms with Crippen molar-refractivity contribution < 1.29 is 27.5 Å². The first kappa shape index (κ1) is 26.9. The Morgan fingerprint density at radius 3 is 2.62 bits per heavy atom. The van der Waals surface area contributed by atoms with Crippen LogP contribution in [0.4, 0.5) is 23.2 Å². The predicted molar refractivity (Wildman–Crippen MR) is 133 cm³/mol. The molecule has 2 aromatic heterocycles. The molecule has 1 saturated heterocycles. The standard InChI is InChI=1S/C23H22F4IN7O2/c1-12-14(7-30-32-12)15-8-35(33-18(15)9-36)23(3-4-29)10-34(11-23)19-6-16(24)13(5-17(19)25)20(37)31-21(28)22(2,26)27/h5-8,21,36H,3,9-11H2,1-2H3,(H,30,32)(H,31,37)/t21-/m1/s1. The Morgan fingerprint density at radius 1 is 1.35 bits per heavy atom. The van der Waals surface area contributed by atoms with Crippen LogP contribution in [0.3, 0.4) is 0 Å². The summed E-state index contributed by atoms with van der Waals surface area (Å²) in [6.45, 7) is 2.24. The average molecular weight is 631 g/mol. The molecule has 1 aliphatic heterocycles. The second-order valence-corrected chi connectivity index (χ2v) is 10.2. The number of benzene rings is 1. The number of rotatable bonds is 8. The minimum Gasteiger partial charge on any atom is -0.390 e. The van der Waals surface area contributed by atoms with Crippen LogP contribution >= 0.6 is 22.6 Å². The highest BCUT2D eigenvalue weighted by atomic mass is 127. The number of nitriles is 1. The summed E-state index contributed by atoms with van der Waals surface area (Å²) < 4.78 is 56.4. The molecule has 1 aromatic carbocycles. The molecule has 0 aliphatic carbocycles. The smallest absolute Gasteiger partial charge is 0.274 e. The average Bonchev–Trinajstić information content (AvgIpc) is 3.42. The highest BCUT2D eigenvalue weighted by molar-refractivity contribution is 14.1. The van der Waals surface area contributed by atoms with E-state index in [-0.39, 0.29) is 31.8 Å². The second-order valence-electron chi connectivity index (χ2n) is 8.99. The van der Waals surface area contributed by atoms with Gasteiger partial charge >= 0.3 is 0 Å². The lowest BCUT2D eigenvalue weighted by atomic mass is 9.86. The van der Waals surface area contributed by atoms with Gasteiger partial charge in [-0.25, -0.2) is 17.6 Å². The Hall–Kier alpha value is -3.19. The number of nitrogens with one attached hydrogen (secondary N) is 2. The summed E-state index contributed by atoms with van der Waals surface area (Å²) in [6.07, 6.45) is 3.29. The molecule has 1 fully saturated rings. The predicted octanol–water partition coefficient (Wildman–Crippen LogP) is 3.63. The monoisotopic (exact) mass is 631 g/mol. The zero-order valence-corrected chi connectivity index (χ0v) is 21.9. The number of aryl methyl sites for hydroxylation is 1. The number of aliphatic hydroxyl groups excluding tert-OH is 1. The summed E-state index contributed by atoms with van der Waals surface area (Å²) in [7, 11) is 0. The number of aliphatic hydroxyl groups is 1. The number of halogens is 5. The van der Waals surface area contributed by atoms with Gasteiger partial charge in [0.1, 0.15) is 21.2 Å². The molecular weight excluding hydrogens is 609 g/mol. The number of aromatic amines is 1. The second kappa shape index (κ2) is 9.93. The van der Waals surface area contributed by atoms with Gasteiger partial charge in [0, 0.05) is 49.1 Å². The molecule has 196 valence electrons. The third-order valence-corrected chi connectivity index (χ3v) is 7.65. The van der Waals surface area contributed by atoms with E-state index in [1.54, 1.807) is 17.1 Å². The molecule has 9 nitrogen and oxygen atoms in total. The maximum absolute atomic E-state index is 15.0. The fourth-order valence-corrected chi connectivity index (χ4v) is 4.49. The molecule has 0 radical (unpaired) electrons. The Kier molecular flexibility index (Phi) is 7.21. The molecule has 3 aromatic rings. The lowest BCUT2D eigenvalue weighted by Crippen LogP contribution is -2.63. The number of hydrogen-bond acceptors (Lipinski definition) is 6. The zero-order chi connectivity index (χ0) is 27.1. The van der Waals surface area contributed by atoms with Crippen molar-refractivity contribution in [2.75, 3.05) is 18.0 Å². The van der Waals surface area contributed by atoms with Gasteiger partial charge in [-0.15, -0.1) is 0 Å². The summed E-state index contributed by atoms with van der Waals surface area (Å²) in [6, 6.07) is 3.60. The molecule has 4 rings (SSSR count). The van der Waals surface area contributed by atoms with E-state index in [1.165, 1.54) is 27.5 Å². The van der Waals surface area contributed by atoms with E-state index in [2.05, 4.69) is 21.4 Å². The van der Waals surface area contributed by atoms with Gasteiger partial charge in [0.15, 0.2) is 0 Å². The highest BCUT2D eigenvalue weighted by Gasteiger charge is 2.47. The first-order valence-corrected chi connectivity index (χ1v) is 12.3. The molecule has 3 N–H and O–H groups in total. The highest BCUT2D eigenvalue weighted by Crippen LogP contribution is 2.39. The van der Waals surface area contributed by atoms with E-state index in [9.17, 15) is 32.7 Å². The van der Waals surface area contributed by atoms with Crippen LogP contribution in [0.2, 0.25) is 0 Å². The number of aromatic nitrogens is 4. The van der Waals surface area contributed by atoms with Crippen LogP contribution in [0.5, 0.6) is 0 Å². The topological polar surface area (TPSA) is 123 Å². The molecule has 37 heavy (non-hydrogen) atoms. The van der Waals surface area contributed by atoms with E-state index >= 15 is 0 Å². The third-order valence-electron chi connectivity index (χ3n) is 6.25. The number of nitrogens with zero attached hydrogens (tertiary/aromatic N) is 5. The molecule has 1 aliphatic rings. The first-order chi connectivity index (χ1) is 17.4. The van der Waals surface area contributed by atoms with Crippen LogP contribution in [-0.4, -0.2) is 54.1 Å². The van der Waals surface area contributed by atoms with Crippen LogP contribution in [0.25, 0.3) is 11.1 Å². The van der Waals surface area contributed by atoms with Crippen LogP contribution < -0.4 is 10.2 Å². The van der Waals surface area contributed by atoms with Crippen LogP contribution in [0.15, 0.2) is 24.5 Å². The SMILES string of the molecule is Cc1[nH]ncc1-c1cn(C2(CC#N)CN(c3cc(F)c(C(=O)N[C@@H](I)C(C)(F)F)cc3F)C2)nc1CO. The lowest BCUT2D eigenvalue weighted by Gasteiger charge is -2.50. The molecule has 1 atom stereocenters. The van der Waals surface area contributed by atoms with Gasteiger partial charge < -0.3 is 15.3 Å². The van der Waals surface area contributed by atoms with Crippen molar-refractivity contribution in [3.63, 3.8) is 0 Å². The maximum Gasteiger partial charge on any atom is 0.274 e. The van der Waals surface area contributed by atoms with Gasteiger partial charge in [0.2, 0.25) is 0 Å². The minimum absolute atomic E-state index is 0.00667. The normalized spacial score (nSPS) is 15.7. The lowest BCUT2D eigenvalue weighted by molar-refractivity contribution is 0.0157. The first-order valence-electron chi connectivity index (χ1n) is 11.0. The van der Waals surface area contributed by atoms with Crippen LogP contribution in [-0.2, 0) is 12.1 Å². The molecule has 14 heteroatoms. The van der Waals surface area contributed by atoms with Gasteiger partial charge in [-0.1, -0.05) is 22.6 Å². The van der Waals surface area contributed by atoms with Gasteiger partial charge in [0.25, 0.3) is 11.8 Å². The van der Waals surface area contributed by atoms with E-state index in [4.69, 9.17) is 0 Å². The van der Waals surface area contributed by atoms with Crippen molar-refractivity contribution in [3.05, 3.63) is 53.1 Å². The van der Waals surface area contributed by atoms with E-state index in [1.807, 2.05) is 12.2 Å². The summed E-state index contributed by atoms with van der Waals surface area (Å²) in [5.41, 5.74) is 0.773. The number of amides is 1. The third kappa shape index (κ3) is 5.01. The minimum atomic E-state index is -3.26. The fraction of sp³-hybridized carbons (Fsp3) is 0.391. The number of alkyl halides is 3. The molecule has 0 spiro atoms. The number of carbonyl (C=O) groups is 1. The molecule has 3 heterocycles. The van der Waals surface area contributed by atoms with Crippen molar-refractivity contribution in [1.82, 2.24) is 25.3 Å². The molecule has 0 saturated carbocycles.